The van der Waals surface area contributed by atoms with E-state index in [1.807, 2.05) is 19.9 Å². The molecule has 0 spiro atoms. The molecular weight excluding hydrogens is 214 g/mol. The van der Waals surface area contributed by atoms with Crippen molar-refractivity contribution in [3.63, 3.8) is 0 Å². The predicted octanol–water partition coefficient (Wildman–Crippen LogP) is 2.78. The van der Waals surface area contributed by atoms with Gasteiger partial charge in [0.05, 0.1) is 0 Å². The summed E-state index contributed by atoms with van der Waals surface area (Å²) in [5, 5.41) is 0. The third-order valence-corrected chi connectivity index (χ3v) is 3.03. The Labute approximate surface area is 103 Å². The largest absolute Gasteiger partial charge is 0.486 e. The molecule has 0 saturated heterocycles. The zero-order valence-corrected chi connectivity index (χ0v) is 11.0. The summed E-state index contributed by atoms with van der Waals surface area (Å²) in [6.07, 6.45) is 0. The Morgan fingerprint density at radius 3 is 2.12 bits per heavy atom. The zero-order valence-electron chi connectivity index (χ0n) is 11.0. The van der Waals surface area contributed by atoms with Crippen molar-refractivity contribution in [2.75, 3.05) is 13.2 Å². The van der Waals surface area contributed by atoms with E-state index in [0.29, 0.717) is 19.1 Å². The molecule has 0 atom stereocenters. The SMILES string of the molecule is CC(C)c1cc2c(cc1C(C)(C)N)OCCO2. The van der Waals surface area contributed by atoms with E-state index < -0.39 is 0 Å². The molecule has 0 amide bonds. The molecule has 3 nitrogen and oxygen atoms in total. The Morgan fingerprint density at radius 2 is 1.65 bits per heavy atom. The van der Waals surface area contributed by atoms with Crippen molar-refractivity contribution in [1.82, 2.24) is 0 Å². The van der Waals surface area contributed by atoms with Gasteiger partial charge >= 0.3 is 0 Å². The summed E-state index contributed by atoms with van der Waals surface area (Å²) in [5.74, 6) is 2.07. The van der Waals surface area contributed by atoms with Gasteiger partial charge in [0.1, 0.15) is 13.2 Å². The smallest absolute Gasteiger partial charge is 0.161 e. The lowest BCUT2D eigenvalue weighted by molar-refractivity contribution is 0.171. The summed E-state index contributed by atoms with van der Waals surface area (Å²) >= 11 is 0. The monoisotopic (exact) mass is 235 g/mol. The average molecular weight is 235 g/mol. The molecular formula is C14H21NO2. The van der Waals surface area contributed by atoms with Crippen molar-refractivity contribution in [3.05, 3.63) is 23.3 Å². The molecule has 1 aromatic rings. The Balaban J connectivity index is 2.56. The first-order valence-electron chi connectivity index (χ1n) is 6.12. The molecule has 0 bridgehead atoms. The first-order chi connectivity index (χ1) is 7.89. The van der Waals surface area contributed by atoms with E-state index >= 15 is 0 Å². The van der Waals surface area contributed by atoms with Crippen LogP contribution in [-0.2, 0) is 5.54 Å². The van der Waals surface area contributed by atoms with Crippen LogP contribution >= 0.6 is 0 Å². The molecule has 0 fully saturated rings. The van der Waals surface area contributed by atoms with Gasteiger partial charge in [-0.2, -0.15) is 0 Å². The van der Waals surface area contributed by atoms with E-state index in [4.69, 9.17) is 15.2 Å². The van der Waals surface area contributed by atoms with E-state index in [1.54, 1.807) is 0 Å². The molecule has 1 aliphatic rings. The van der Waals surface area contributed by atoms with Gasteiger partial charge in [0.15, 0.2) is 11.5 Å². The second-order valence-electron chi connectivity index (χ2n) is 5.46. The third kappa shape index (κ3) is 2.39. The molecule has 1 aliphatic heterocycles. The quantitative estimate of drug-likeness (QED) is 0.857. The van der Waals surface area contributed by atoms with Gasteiger partial charge in [-0.25, -0.2) is 0 Å². The number of nitrogens with two attached hydrogens (primary N) is 1. The van der Waals surface area contributed by atoms with Crippen molar-refractivity contribution in [1.29, 1.82) is 0 Å². The van der Waals surface area contributed by atoms with E-state index in [1.165, 1.54) is 5.56 Å². The standard InChI is InChI=1S/C14H21NO2/c1-9(2)10-7-12-13(17-6-5-16-12)8-11(10)14(3,4)15/h7-9H,5-6,15H2,1-4H3. The molecule has 0 aromatic heterocycles. The van der Waals surface area contributed by atoms with Crippen LogP contribution in [-0.4, -0.2) is 13.2 Å². The van der Waals surface area contributed by atoms with E-state index in [9.17, 15) is 0 Å². The fraction of sp³-hybridized carbons (Fsp3) is 0.571. The summed E-state index contributed by atoms with van der Waals surface area (Å²) in [5.41, 5.74) is 8.24. The van der Waals surface area contributed by atoms with Crippen LogP contribution in [0, 0.1) is 0 Å². The van der Waals surface area contributed by atoms with E-state index in [0.717, 1.165) is 17.1 Å². The zero-order chi connectivity index (χ0) is 12.6. The number of rotatable bonds is 2. The maximum Gasteiger partial charge on any atom is 0.161 e. The van der Waals surface area contributed by atoms with Gasteiger partial charge in [-0.05, 0) is 43.0 Å². The number of hydrogen-bond donors (Lipinski definition) is 1. The summed E-state index contributed by atoms with van der Waals surface area (Å²) in [6.45, 7) is 9.60. The van der Waals surface area contributed by atoms with Gasteiger partial charge in [-0.15, -0.1) is 0 Å². The van der Waals surface area contributed by atoms with Gasteiger partial charge in [-0.1, -0.05) is 13.8 Å². The highest BCUT2D eigenvalue weighted by molar-refractivity contribution is 5.51. The van der Waals surface area contributed by atoms with Crippen molar-refractivity contribution < 1.29 is 9.47 Å². The lowest BCUT2D eigenvalue weighted by atomic mass is 9.86. The van der Waals surface area contributed by atoms with Crippen molar-refractivity contribution in [2.24, 2.45) is 5.73 Å². The van der Waals surface area contributed by atoms with Crippen LogP contribution < -0.4 is 15.2 Å². The minimum Gasteiger partial charge on any atom is -0.486 e. The van der Waals surface area contributed by atoms with Crippen LogP contribution in [0.4, 0.5) is 0 Å². The molecule has 3 heteroatoms. The van der Waals surface area contributed by atoms with Gasteiger partial charge < -0.3 is 15.2 Å². The minimum atomic E-state index is -0.366. The first-order valence-corrected chi connectivity index (χ1v) is 6.12. The summed E-state index contributed by atoms with van der Waals surface area (Å²) < 4.78 is 11.2. The molecule has 0 radical (unpaired) electrons. The Kier molecular flexibility index (Phi) is 3.04. The lowest BCUT2D eigenvalue weighted by Crippen LogP contribution is -2.31. The average Bonchev–Trinajstić information content (AvgIpc) is 2.26. The molecule has 2 N–H and O–H groups in total. The van der Waals surface area contributed by atoms with Crippen molar-refractivity contribution in [2.45, 2.75) is 39.2 Å². The van der Waals surface area contributed by atoms with E-state index in [-0.39, 0.29) is 5.54 Å². The second-order valence-corrected chi connectivity index (χ2v) is 5.46. The van der Waals surface area contributed by atoms with Crippen LogP contribution in [0.3, 0.4) is 0 Å². The highest BCUT2D eigenvalue weighted by Crippen LogP contribution is 2.38. The molecule has 0 saturated carbocycles. The van der Waals surface area contributed by atoms with Crippen LogP contribution in [0.5, 0.6) is 11.5 Å². The molecule has 2 rings (SSSR count). The van der Waals surface area contributed by atoms with Gasteiger partial charge in [0, 0.05) is 5.54 Å². The summed E-state index contributed by atoms with van der Waals surface area (Å²) in [4.78, 5) is 0. The van der Waals surface area contributed by atoms with Crippen LogP contribution in [0.2, 0.25) is 0 Å². The lowest BCUT2D eigenvalue weighted by Gasteiger charge is -2.28. The normalized spacial score (nSPS) is 15.2. The highest BCUT2D eigenvalue weighted by Gasteiger charge is 2.24. The maximum absolute atomic E-state index is 6.23. The molecule has 0 aliphatic carbocycles. The molecule has 1 aromatic carbocycles. The summed E-state index contributed by atoms with van der Waals surface area (Å²) in [7, 11) is 0. The van der Waals surface area contributed by atoms with Crippen LogP contribution in [0.25, 0.3) is 0 Å². The highest BCUT2D eigenvalue weighted by atomic mass is 16.6. The molecule has 0 unspecified atom stereocenters. The second kappa shape index (κ2) is 4.22. The van der Waals surface area contributed by atoms with Gasteiger partial charge in [-0.3, -0.25) is 0 Å². The fourth-order valence-corrected chi connectivity index (χ4v) is 2.14. The van der Waals surface area contributed by atoms with Crippen molar-refractivity contribution >= 4 is 0 Å². The van der Waals surface area contributed by atoms with Gasteiger partial charge in [0.2, 0.25) is 0 Å². The number of ether oxygens (including phenoxy) is 2. The van der Waals surface area contributed by atoms with Crippen LogP contribution in [0.1, 0.15) is 44.7 Å². The Morgan fingerprint density at radius 1 is 1.12 bits per heavy atom. The predicted molar refractivity (Wildman–Crippen MR) is 68.7 cm³/mol. The van der Waals surface area contributed by atoms with Gasteiger partial charge in [0.25, 0.3) is 0 Å². The van der Waals surface area contributed by atoms with E-state index in [2.05, 4.69) is 19.9 Å². The number of fused-ring (bicyclic) bond motifs is 1. The Bertz CT molecular complexity index is 419. The maximum atomic E-state index is 6.23. The fourth-order valence-electron chi connectivity index (χ4n) is 2.14. The summed E-state index contributed by atoms with van der Waals surface area (Å²) in [6, 6.07) is 4.10. The van der Waals surface area contributed by atoms with Crippen LogP contribution in [0.15, 0.2) is 12.1 Å². The minimum absolute atomic E-state index is 0.366. The molecule has 17 heavy (non-hydrogen) atoms. The molecule has 1 heterocycles. The topological polar surface area (TPSA) is 44.5 Å². The third-order valence-electron chi connectivity index (χ3n) is 3.03. The first kappa shape index (κ1) is 12.2. The number of hydrogen-bond acceptors (Lipinski definition) is 3. The molecule has 94 valence electrons. The Hall–Kier alpha value is -1.22. The number of benzene rings is 1. The van der Waals surface area contributed by atoms with Crippen molar-refractivity contribution in [3.8, 4) is 11.5 Å².